The molecule has 0 heterocycles. The zero-order valence-corrected chi connectivity index (χ0v) is 12.7. The minimum Gasteiger partial charge on any atom is -0.480 e. The van der Waals surface area contributed by atoms with Crippen LogP contribution in [0.15, 0.2) is 0 Å². The van der Waals surface area contributed by atoms with Crippen LogP contribution in [0.5, 0.6) is 0 Å². The van der Waals surface area contributed by atoms with Gasteiger partial charge >= 0.3 is 12.0 Å². The van der Waals surface area contributed by atoms with Gasteiger partial charge in [0.25, 0.3) is 0 Å². The highest BCUT2D eigenvalue weighted by atomic mass is 16.4. The number of likely N-dealkylation sites (N-methyl/N-ethyl adjacent to an activating group) is 1. The highest BCUT2D eigenvalue weighted by Crippen LogP contribution is 2.29. The average Bonchev–Trinajstić information content (AvgIpc) is 2.87. The second-order valence-electron chi connectivity index (χ2n) is 5.71. The summed E-state index contributed by atoms with van der Waals surface area (Å²) in [5.41, 5.74) is -1.06. The maximum atomic E-state index is 11.8. The molecule has 6 heteroatoms. The van der Waals surface area contributed by atoms with Crippen LogP contribution in [-0.4, -0.2) is 53.7 Å². The number of nitrogens with zero attached hydrogens (tertiary/aromatic N) is 1. The third-order valence-electron chi connectivity index (χ3n) is 4.31. The molecule has 116 valence electrons. The van der Waals surface area contributed by atoms with Gasteiger partial charge in [-0.05, 0) is 33.2 Å². The normalized spacial score (nSPS) is 18.8. The quantitative estimate of drug-likeness (QED) is 0.660. The van der Waals surface area contributed by atoms with Gasteiger partial charge in [-0.15, -0.1) is 0 Å². The lowest BCUT2D eigenvalue weighted by Gasteiger charge is -2.26. The van der Waals surface area contributed by atoms with Crippen molar-refractivity contribution in [3.63, 3.8) is 0 Å². The number of nitrogens with one attached hydrogen (secondary N) is 2. The molecule has 0 aliphatic heterocycles. The van der Waals surface area contributed by atoms with Crippen LogP contribution in [0, 0.1) is 0 Å². The summed E-state index contributed by atoms with van der Waals surface area (Å²) in [5, 5.41) is 14.7. The molecule has 6 nitrogen and oxygen atoms in total. The van der Waals surface area contributed by atoms with E-state index in [4.69, 9.17) is 0 Å². The highest BCUT2D eigenvalue weighted by Gasteiger charge is 2.42. The number of rotatable bonds is 7. The summed E-state index contributed by atoms with van der Waals surface area (Å²) in [7, 11) is 2.02. The van der Waals surface area contributed by atoms with Gasteiger partial charge in [0.2, 0.25) is 0 Å². The fourth-order valence-electron chi connectivity index (χ4n) is 2.51. The van der Waals surface area contributed by atoms with Crippen molar-refractivity contribution in [1.82, 2.24) is 15.5 Å². The summed E-state index contributed by atoms with van der Waals surface area (Å²) in [6.45, 7) is 5.53. The Labute approximate surface area is 120 Å². The molecule has 0 radical (unpaired) electrons. The van der Waals surface area contributed by atoms with Gasteiger partial charge in [-0.3, -0.25) is 0 Å². The fraction of sp³-hybridized carbons (Fsp3) is 0.857. The molecule has 1 rings (SSSR count). The number of carbonyl (C=O) groups excluding carboxylic acids is 1. The van der Waals surface area contributed by atoms with Crippen LogP contribution in [0.1, 0.15) is 46.0 Å². The van der Waals surface area contributed by atoms with Gasteiger partial charge in [0, 0.05) is 19.1 Å². The number of carboxylic acid groups (broad SMARTS) is 1. The van der Waals surface area contributed by atoms with Crippen molar-refractivity contribution in [3.05, 3.63) is 0 Å². The minimum atomic E-state index is -1.06. The second kappa shape index (κ2) is 7.47. The molecule has 1 atom stereocenters. The van der Waals surface area contributed by atoms with Gasteiger partial charge in [-0.1, -0.05) is 19.8 Å². The van der Waals surface area contributed by atoms with Crippen molar-refractivity contribution in [1.29, 1.82) is 0 Å². The van der Waals surface area contributed by atoms with Crippen molar-refractivity contribution < 1.29 is 14.7 Å². The van der Waals surface area contributed by atoms with E-state index < -0.39 is 11.5 Å². The lowest BCUT2D eigenvalue weighted by Crippen LogP contribution is -2.56. The highest BCUT2D eigenvalue weighted by molar-refractivity contribution is 5.86. The SMILES string of the molecule is CCC(C)N(C)CCNC(=O)NC1(C(=O)O)CCCC1. The first kappa shape index (κ1) is 16.8. The van der Waals surface area contributed by atoms with Crippen molar-refractivity contribution in [2.45, 2.75) is 57.5 Å². The molecule has 1 aliphatic carbocycles. The predicted molar refractivity (Wildman–Crippen MR) is 77.8 cm³/mol. The van der Waals surface area contributed by atoms with E-state index in [1.165, 1.54) is 0 Å². The van der Waals surface area contributed by atoms with E-state index >= 15 is 0 Å². The zero-order chi connectivity index (χ0) is 15.2. The van der Waals surface area contributed by atoms with E-state index in [-0.39, 0.29) is 6.03 Å². The first-order chi connectivity index (χ1) is 9.41. The van der Waals surface area contributed by atoms with E-state index in [1.807, 2.05) is 7.05 Å². The maximum Gasteiger partial charge on any atom is 0.329 e. The molecule has 0 spiro atoms. The molecule has 1 saturated carbocycles. The summed E-state index contributed by atoms with van der Waals surface area (Å²) in [6.07, 6.45) is 3.79. The van der Waals surface area contributed by atoms with Crippen molar-refractivity contribution in [3.8, 4) is 0 Å². The Kier molecular flexibility index (Phi) is 6.26. The van der Waals surface area contributed by atoms with E-state index in [0.717, 1.165) is 25.8 Å². The van der Waals surface area contributed by atoms with Crippen LogP contribution in [0.3, 0.4) is 0 Å². The summed E-state index contributed by atoms with van der Waals surface area (Å²) in [5.74, 6) is -0.929. The molecule has 0 bridgehead atoms. The third kappa shape index (κ3) is 4.37. The Morgan fingerprint density at radius 3 is 2.45 bits per heavy atom. The second-order valence-corrected chi connectivity index (χ2v) is 5.71. The van der Waals surface area contributed by atoms with E-state index in [9.17, 15) is 14.7 Å². The van der Waals surface area contributed by atoms with Gasteiger partial charge < -0.3 is 20.6 Å². The number of carboxylic acids is 1. The van der Waals surface area contributed by atoms with Gasteiger partial charge in [-0.25, -0.2) is 9.59 Å². The molecule has 0 saturated heterocycles. The van der Waals surface area contributed by atoms with E-state index in [1.54, 1.807) is 0 Å². The average molecular weight is 285 g/mol. The van der Waals surface area contributed by atoms with Crippen LogP contribution < -0.4 is 10.6 Å². The zero-order valence-electron chi connectivity index (χ0n) is 12.7. The van der Waals surface area contributed by atoms with Crippen molar-refractivity contribution in [2.24, 2.45) is 0 Å². The summed E-state index contributed by atoms with van der Waals surface area (Å²) in [4.78, 5) is 25.3. The molecule has 20 heavy (non-hydrogen) atoms. The van der Waals surface area contributed by atoms with Crippen molar-refractivity contribution >= 4 is 12.0 Å². The number of aliphatic carboxylic acids is 1. The number of carbonyl (C=O) groups is 2. The van der Waals surface area contributed by atoms with Gasteiger partial charge in [0.15, 0.2) is 0 Å². The predicted octanol–water partition coefficient (Wildman–Crippen LogP) is 1.41. The van der Waals surface area contributed by atoms with Crippen molar-refractivity contribution in [2.75, 3.05) is 20.1 Å². The molecule has 1 aliphatic rings. The molecule has 1 unspecified atom stereocenters. The topological polar surface area (TPSA) is 81.7 Å². The molecule has 2 amide bonds. The van der Waals surface area contributed by atoms with Crippen LogP contribution in [-0.2, 0) is 4.79 Å². The van der Waals surface area contributed by atoms with Crippen LogP contribution in [0.4, 0.5) is 4.79 Å². The van der Waals surface area contributed by atoms with Crippen LogP contribution in [0.2, 0.25) is 0 Å². The number of hydrogen-bond donors (Lipinski definition) is 3. The van der Waals surface area contributed by atoms with Crippen LogP contribution in [0.25, 0.3) is 0 Å². The summed E-state index contributed by atoms with van der Waals surface area (Å²) in [6, 6.07) is 0.0897. The number of urea groups is 1. The van der Waals surface area contributed by atoms with E-state index in [0.29, 0.717) is 25.4 Å². The standard InChI is InChI=1S/C14H27N3O3/c1-4-11(2)17(3)10-9-15-13(20)16-14(12(18)19)7-5-6-8-14/h11H,4-10H2,1-3H3,(H,18,19)(H2,15,16,20). The Balaban J connectivity index is 2.34. The first-order valence-corrected chi connectivity index (χ1v) is 7.41. The van der Waals surface area contributed by atoms with Gasteiger partial charge in [0.05, 0.1) is 0 Å². The largest absolute Gasteiger partial charge is 0.480 e. The number of hydrogen-bond acceptors (Lipinski definition) is 3. The minimum absolute atomic E-state index is 0.383. The molecule has 0 aromatic rings. The molecule has 0 aromatic heterocycles. The smallest absolute Gasteiger partial charge is 0.329 e. The Morgan fingerprint density at radius 2 is 1.95 bits per heavy atom. The molecular formula is C14H27N3O3. The molecule has 3 N–H and O–H groups in total. The van der Waals surface area contributed by atoms with Gasteiger partial charge in [0.1, 0.15) is 5.54 Å². The van der Waals surface area contributed by atoms with Crippen LogP contribution >= 0.6 is 0 Å². The number of amides is 2. The Hall–Kier alpha value is -1.30. The molecule has 1 fully saturated rings. The van der Waals surface area contributed by atoms with Gasteiger partial charge in [-0.2, -0.15) is 0 Å². The Bertz CT molecular complexity index is 341. The summed E-state index contributed by atoms with van der Waals surface area (Å²) < 4.78 is 0. The molecular weight excluding hydrogens is 258 g/mol. The first-order valence-electron chi connectivity index (χ1n) is 7.41. The summed E-state index contributed by atoms with van der Waals surface area (Å²) >= 11 is 0. The fourth-order valence-corrected chi connectivity index (χ4v) is 2.51. The third-order valence-corrected chi connectivity index (χ3v) is 4.31. The lowest BCUT2D eigenvalue weighted by atomic mass is 9.98. The van der Waals surface area contributed by atoms with E-state index in [2.05, 4.69) is 29.4 Å². The molecule has 0 aromatic carbocycles. The Morgan fingerprint density at radius 1 is 1.35 bits per heavy atom. The lowest BCUT2D eigenvalue weighted by molar-refractivity contribution is -0.144. The maximum absolute atomic E-state index is 11.8. The monoisotopic (exact) mass is 285 g/mol.